The first-order chi connectivity index (χ1) is 17.3. The largest absolute Gasteiger partial charge is 0.481 e. The van der Waals surface area contributed by atoms with E-state index in [1.807, 2.05) is 20.8 Å². The summed E-state index contributed by atoms with van der Waals surface area (Å²) in [6.07, 6.45) is 1.98. The van der Waals surface area contributed by atoms with Crippen molar-refractivity contribution in [2.45, 2.75) is 92.3 Å². The van der Waals surface area contributed by atoms with Gasteiger partial charge in [0.2, 0.25) is 0 Å². The monoisotopic (exact) mass is 528 g/mol. The summed E-state index contributed by atoms with van der Waals surface area (Å²) in [6.45, 7) is 11.9. The Hall–Kier alpha value is -2.45. The minimum atomic E-state index is -2.12. The average molecular weight is 529 g/mol. The standard InChI is InChI=1S/C30H40O8/c1-15(10-17(31)11-16(2)25(36)37)18-12-23(34)29(7)28(18,6)22(33)14-20-27(5)9-8-21(32)26(3,4)19(27)13-24(35)30(20,29)38/h10,14,16,18-19,23,34,38H,8-9,11-13H2,1-7H3,(H,36,37). The first kappa shape index (κ1) is 28.6. The van der Waals surface area contributed by atoms with Crippen LogP contribution in [0.4, 0.5) is 0 Å². The van der Waals surface area contributed by atoms with E-state index in [0.717, 1.165) is 0 Å². The second kappa shape index (κ2) is 8.52. The van der Waals surface area contributed by atoms with Gasteiger partial charge < -0.3 is 15.3 Å². The van der Waals surface area contributed by atoms with Gasteiger partial charge in [0.05, 0.1) is 12.0 Å². The number of Topliss-reactive ketones (excluding diaryl/α,β-unsaturated/α-hetero) is 2. The second-order valence-corrected chi connectivity index (χ2v) is 13.4. The number of carbonyl (C=O) groups is 5. The third-order valence-corrected chi connectivity index (χ3v) is 11.3. The Morgan fingerprint density at radius 2 is 1.71 bits per heavy atom. The Balaban J connectivity index is 1.85. The Kier molecular flexibility index (Phi) is 6.40. The molecule has 8 unspecified atom stereocenters. The van der Waals surface area contributed by atoms with Crippen molar-refractivity contribution in [3.8, 4) is 0 Å². The summed E-state index contributed by atoms with van der Waals surface area (Å²) < 4.78 is 0. The molecule has 208 valence electrons. The molecule has 3 fully saturated rings. The SMILES string of the molecule is CC(=CC(=O)CC(C)C(=O)O)C1CC(O)C2(C)C3(O)C(=O)CC4C(C)(C)C(=O)CCC4(C)C3=CC(=O)C12C. The van der Waals surface area contributed by atoms with Crippen LogP contribution in [0, 0.1) is 39.4 Å². The van der Waals surface area contributed by atoms with Crippen LogP contribution in [0.5, 0.6) is 0 Å². The van der Waals surface area contributed by atoms with Crippen molar-refractivity contribution in [1.82, 2.24) is 0 Å². The first-order valence-corrected chi connectivity index (χ1v) is 13.5. The van der Waals surface area contributed by atoms with Gasteiger partial charge in [-0.15, -0.1) is 0 Å². The Morgan fingerprint density at radius 1 is 1.11 bits per heavy atom. The van der Waals surface area contributed by atoms with E-state index in [4.69, 9.17) is 5.11 Å². The number of aliphatic hydroxyl groups excluding tert-OH is 1. The summed E-state index contributed by atoms with van der Waals surface area (Å²) in [5.74, 6) is -4.17. The normalized spacial score (nSPS) is 43.1. The van der Waals surface area contributed by atoms with E-state index < -0.39 is 62.7 Å². The van der Waals surface area contributed by atoms with Crippen LogP contribution in [0.3, 0.4) is 0 Å². The van der Waals surface area contributed by atoms with Crippen LogP contribution < -0.4 is 0 Å². The van der Waals surface area contributed by atoms with Gasteiger partial charge in [0, 0.05) is 35.5 Å². The van der Waals surface area contributed by atoms with Gasteiger partial charge in [-0.25, -0.2) is 0 Å². The number of hydrogen-bond donors (Lipinski definition) is 3. The van der Waals surface area contributed by atoms with Crippen molar-refractivity contribution in [1.29, 1.82) is 0 Å². The number of carbonyl (C=O) groups excluding carboxylic acids is 4. The maximum absolute atomic E-state index is 14.1. The molecule has 0 aromatic carbocycles. The van der Waals surface area contributed by atoms with E-state index in [0.29, 0.717) is 17.6 Å². The molecule has 0 aromatic rings. The van der Waals surface area contributed by atoms with E-state index in [9.17, 15) is 34.2 Å². The van der Waals surface area contributed by atoms with Crippen molar-refractivity contribution >= 4 is 29.1 Å². The summed E-state index contributed by atoms with van der Waals surface area (Å²) in [5.41, 5.74) is -5.89. The van der Waals surface area contributed by atoms with Gasteiger partial charge in [-0.05, 0) is 54.7 Å². The van der Waals surface area contributed by atoms with Crippen LogP contribution in [0.25, 0.3) is 0 Å². The summed E-state index contributed by atoms with van der Waals surface area (Å²) >= 11 is 0. The highest BCUT2D eigenvalue weighted by Crippen LogP contribution is 2.72. The molecule has 0 saturated heterocycles. The number of fused-ring (bicyclic) bond motifs is 5. The molecule has 0 bridgehead atoms. The summed E-state index contributed by atoms with van der Waals surface area (Å²) in [5, 5.41) is 33.2. The van der Waals surface area contributed by atoms with Crippen LogP contribution in [-0.2, 0) is 24.0 Å². The lowest BCUT2D eigenvalue weighted by Gasteiger charge is -2.64. The first-order valence-electron chi connectivity index (χ1n) is 13.5. The van der Waals surface area contributed by atoms with Crippen LogP contribution >= 0.6 is 0 Å². The maximum atomic E-state index is 14.1. The quantitative estimate of drug-likeness (QED) is 0.461. The third-order valence-electron chi connectivity index (χ3n) is 11.3. The highest BCUT2D eigenvalue weighted by molar-refractivity contribution is 6.06. The Morgan fingerprint density at radius 3 is 2.29 bits per heavy atom. The van der Waals surface area contributed by atoms with E-state index in [2.05, 4.69) is 0 Å². The molecule has 3 N–H and O–H groups in total. The van der Waals surface area contributed by atoms with Gasteiger partial charge in [-0.1, -0.05) is 47.1 Å². The molecule has 0 spiro atoms. The molecule has 0 radical (unpaired) electrons. The Labute approximate surface area is 223 Å². The average Bonchev–Trinajstić information content (AvgIpc) is 3.04. The number of allylic oxidation sites excluding steroid dienone is 3. The van der Waals surface area contributed by atoms with Crippen molar-refractivity contribution in [2.24, 2.45) is 39.4 Å². The molecule has 4 rings (SSSR count). The fraction of sp³-hybridized carbons (Fsp3) is 0.700. The van der Waals surface area contributed by atoms with Crippen LogP contribution in [0.1, 0.15) is 80.6 Å². The summed E-state index contributed by atoms with van der Waals surface area (Å²) in [7, 11) is 0. The molecule has 0 amide bonds. The molecular weight excluding hydrogens is 488 g/mol. The summed E-state index contributed by atoms with van der Waals surface area (Å²) in [4.78, 5) is 64.7. The number of hydrogen-bond acceptors (Lipinski definition) is 7. The van der Waals surface area contributed by atoms with E-state index in [1.165, 1.54) is 19.1 Å². The molecule has 4 aliphatic rings. The van der Waals surface area contributed by atoms with Gasteiger partial charge in [-0.2, -0.15) is 0 Å². The van der Waals surface area contributed by atoms with E-state index in [-0.39, 0.29) is 43.2 Å². The summed E-state index contributed by atoms with van der Waals surface area (Å²) in [6, 6.07) is 0. The molecule has 0 aliphatic heterocycles. The van der Waals surface area contributed by atoms with Crippen molar-refractivity contribution in [3.63, 3.8) is 0 Å². The van der Waals surface area contributed by atoms with Gasteiger partial charge in [0.1, 0.15) is 5.78 Å². The third kappa shape index (κ3) is 3.32. The molecule has 8 atom stereocenters. The molecule has 8 heteroatoms. The molecule has 8 nitrogen and oxygen atoms in total. The number of carboxylic acid groups (broad SMARTS) is 1. The Bertz CT molecular complexity index is 1210. The van der Waals surface area contributed by atoms with Crippen LogP contribution in [0.15, 0.2) is 23.3 Å². The van der Waals surface area contributed by atoms with Crippen molar-refractivity contribution < 1.29 is 39.3 Å². The predicted molar refractivity (Wildman–Crippen MR) is 138 cm³/mol. The van der Waals surface area contributed by atoms with E-state index >= 15 is 0 Å². The smallest absolute Gasteiger partial charge is 0.306 e. The lowest BCUT2D eigenvalue weighted by molar-refractivity contribution is -0.197. The molecule has 38 heavy (non-hydrogen) atoms. The fourth-order valence-electron chi connectivity index (χ4n) is 8.57. The number of rotatable bonds is 5. The van der Waals surface area contributed by atoms with Gasteiger partial charge in [0.25, 0.3) is 0 Å². The minimum Gasteiger partial charge on any atom is -0.481 e. The van der Waals surface area contributed by atoms with Crippen LogP contribution in [0.2, 0.25) is 0 Å². The number of aliphatic carboxylic acids is 1. The number of aliphatic hydroxyl groups is 2. The maximum Gasteiger partial charge on any atom is 0.306 e. The fourth-order valence-corrected chi connectivity index (χ4v) is 8.57. The van der Waals surface area contributed by atoms with E-state index in [1.54, 1.807) is 20.8 Å². The topological polar surface area (TPSA) is 146 Å². The van der Waals surface area contributed by atoms with Crippen molar-refractivity contribution in [2.75, 3.05) is 0 Å². The highest BCUT2D eigenvalue weighted by atomic mass is 16.4. The molecular formula is C30H40O8. The second-order valence-electron chi connectivity index (χ2n) is 13.4. The lowest BCUT2D eigenvalue weighted by atomic mass is 9.39. The predicted octanol–water partition coefficient (Wildman–Crippen LogP) is 3.23. The van der Waals surface area contributed by atoms with Gasteiger partial charge in [-0.3, -0.25) is 24.0 Å². The minimum absolute atomic E-state index is 0.0410. The zero-order chi connectivity index (χ0) is 28.8. The lowest BCUT2D eigenvalue weighted by Crippen LogP contribution is -2.73. The zero-order valence-corrected chi connectivity index (χ0v) is 23.4. The molecule has 3 saturated carbocycles. The highest BCUT2D eigenvalue weighted by Gasteiger charge is 2.78. The van der Waals surface area contributed by atoms with Crippen molar-refractivity contribution in [3.05, 3.63) is 23.3 Å². The van der Waals surface area contributed by atoms with Crippen LogP contribution in [-0.4, -0.2) is 56.1 Å². The molecule has 4 aliphatic carbocycles. The zero-order valence-electron chi connectivity index (χ0n) is 23.4. The van der Waals surface area contributed by atoms with Gasteiger partial charge in [0.15, 0.2) is 23.0 Å². The number of carboxylic acids is 1. The molecule has 0 heterocycles. The molecule has 0 aromatic heterocycles. The van der Waals surface area contributed by atoms with Gasteiger partial charge >= 0.3 is 5.97 Å². The number of ketones is 4.